The summed E-state index contributed by atoms with van der Waals surface area (Å²) in [5.74, 6) is -1.40. The summed E-state index contributed by atoms with van der Waals surface area (Å²) in [5, 5.41) is 26.4. The zero-order valence-electron chi connectivity index (χ0n) is 76.0. The molecule has 0 saturated carbocycles. The van der Waals surface area contributed by atoms with Crippen LogP contribution in [-0.2, 0) is 93.2 Å². The van der Waals surface area contributed by atoms with Crippen LogP contribution in [0.5, 0.6) is 0 Å². The lowest BCUT2D eigenvalue weighted by molar-refractivity contribution is -0.140. The molecule has 3 aliphatic rings. The summed E-state index contributed by atoms with van der Waals surface area (Å²) in [6.45, 7) is 37.1. The maximum atomic E-state index is 13.6. The Morgan fingerprint density at radius 1 is 0.613 bits per heavy atom. The first-order valence-corrected chi connectivity index (χ1v) is 51.5. The second-order valence-corrected chi connectivity index (χ2v) is 45.5. The van der Waals surface area contributed by atoms with Crippen molar-refractivity contribution >= 4 is 69.6 Å². The quantitative estimate of drug-likeness (QED) is 0.0107. The third-order valence-electron chi connectivity index (χ3n) is 19.1. The molecule has 124 heavy (non-hydrogen) atoms. The van der Waals surface area contributed by atoms with E-state index >= 15 is 0 Å². The van der Waals surface area contributed by atoms with Gasteiger partial charge in [0.15, 0.2) is 18.7 Å². The van der Waals surface area contributed by atoms with Gasteiger partial charge >= 0.3 is 23.0 Å². The standard InChI is InChI=1S/C28H50N6O8P2.C28H43N4O7P.C19H33N4O7P.C4H7BrO2.CH4O/c1-19(2)34(20(3)4)43(40-15-13-29-6)42-24-22(11-16-44(9,10)38)41-27(33-17-21(5)26(36)31-28(33)37)25(24)39-18-23(35)30-12-14-32(7)8;1-20-16-31(28(35)32(26(20)34)19-37-17-22-10-8-7-9-11-22)27-25(38-18-24(33)29-13-14-30(3)4)21(2)23(39-27)12-15-40(5,6)36;1-12-10-23(19(27)21-17(12)26)18-16(29-11-14(24)20-7-8-22(2)3)15(25)13(30-18)6-9-31(4,5)28;1-2-7-4(6)3-5;1-2/h17,19-20,22,24-25,27H,11-16,18H2,1-5,7-10H3,(H,30,35)(H,31,36,37);7-11,16,21,23,25,27H,12-15,17-19H2,1-6H3,(H,29,33);10,13,15-16,18,25H,6-9,11H2,1-5H3,(H,20,24)(H,21,26,27);2-3H2,1H3;2H,1H3/t22-,24-,25-,27-,43?;21-,23-,25-,27-;13-,15-,16-,18-;;/m111../s1. The lowest BCUT2D eigenvalue weighted by atomic mass is 9.98. The summed E-state index contributed by atoms with van der Waals surface area (Å²) in [4.78, 5) is 137. The average molecular weight is 1900 g/mol. The number of aryl methyl sites for hydroxylation is 3. The van der Waals surface area contributed by atoms with Gasteiger partial charge in [0.25, 0.3) is 25.2 Å². The van der Waals surface area contributed by atoms with Crippen LogP contribution in [0.25, 0.3) is 4.85 Å². The Kier molecular flexibility index (Phi) is 50.0. The molecular formula is C80H137BrN14O25P4. The molecule has 4 aromatic rings. The molecule has 1 aromatic carbocycles. The number of aliphatic hydroxyl groups is 2. The van der Waals surface area contributed by atoms with Crippen molar-refractivity contribution in [3.8, 4) is 0 Å². The van der Waals surface area contributed by atoms with Gasteiger partial charge in [0.05, 0.1) is 53.0 Å². The van der Waals surface area contributed by atoms with Crippen LogP contribution in [0.4, 0.5) is 0 Å². The molecule has 44 heteroatoms. The Hall–Kier alpha value is -6.37. The summed E-state index contributed by atoms with van der Waals surface area (Å²) in [7, 11) is 3.53. The second-order valence-electron chi connectivity index (χ2n) is 32.8. The predicted molar refractivity (Wildman–Crippen MR) is 481 cm³/mol. The third kappa shape index (κ3) is 39.3. The number of alkyl halides is 1. The summed E-state index contributed by atoms with van der Waals surface area (Å²) in [5.41, 5.74) is -1.67. The van der Waals surface area contributed by atoms with Crippen LogP contribution >= 0.6 is 45.9 Å². The molecule has 3 amide bonds. The number of halogens is 1. The predicted octanol–water partition coefficient (Wildman–Crippen LogP) is 4.32. The Morgan fingerprint density at radius 3 is 1.45 bits per heavy atom. The highest BCUT2D eigenvalue weighted by Gasteiger charge is 2.52. The largest absolute Gasteiger partial charge is 0.465 e. The highest BCUT2D eigenvalue weighted by atomic mass is 79.9. The molecule has 0 radical (unpaired) electrons. The number of amides is 3. The number of aromatic amines is 2. The molecule has 3 aromatic heterocycles. The zero-order valence-corrected chi connectivity index (χ0v) is 81.2. The molecule has 0 bridgehead atoms. The number of H-pyrrole nitrogens is 2. The number of hydrogen-bond donors (Lipinski definition) is 7. The Labute approximate surface area is 736 Å². The van der Waals surface area contributed by atoms with E-state index in [9.17, 15) is 66.7 Å². The molecule has 0 aliphatic carbocycles. The smallest absolute Gasteiger partial charge is 0.335 e. The van der Waals surface area contributed by atoms with E-state index in [1.807, 2.05) is 122 Å². The molecule has 704 valence electrons. The van der Waals surface area contributed by atoms with Crippen LogP contribution in [0.15, 0.2) is 77.7 Å². The van der Waals surface area contributed by atoms with Gasteiger partial charge in [0, 0.05) is 118 Å². The summed E-state index contributed by atoms with van der Waals surface area (Å²) >= 11 is 2.94. The van der Waals surface area contributed by atoms with Gasteiger partial charge in [0.1, 0.15) is 69.0 Å². The lowest BCUT2D eigenvalue weighted by Crippen LogP contribution is -2.45. The molecule has 0 spiro atoms. The van der Waals surface area contributed by atoms with E-state index in [1.54, 1.807) is 60.8 Å². The number of nitrogens with zero attached hydrogens (tertiary/aromatic N) is 9. The number of carbonyl (C=O) groups excluding carboxylic acids is 4. The van der Waals surface area contributed by atoms with Crippen molar-refractivity contribution < 1.29 is 90.0 Å². The van der Waals surface area contributed by atoms with Crippen LogP contribution < -0.4 is 49.7 Å². The molecular weight excluding hydrogens is 1760 g/mol. The van der Waals surface area contributed by atoms with Crippen molar-refractivity contribution in [3.63, 3.8) is 0 Å². The summed E-state index contributed by atoms with van der Waals surface area (Å²) in [6, 6.07) is 9.50. The molecule has 7 rings (SSSR count). The van der Waals surface area contributed by atoms with Gasteiger partial charge in [-0.15, -0.1) is 0 Å². The molecule has 3 aliphatic heterocycles. The van der Waals surface area contributed by atoms with E-state index in [1.165, 1.54) is 34.6 Å². The average Bonchev–Trinajstić information content (AvgIpc) is 1.58. The van der Waals surface area contributed by atoms with E-state index in [-0.39, 0.29) is 105 Å². The van der Waals surface area contributed by atoms with Gasteiger partial charge in [0.2, 0.25) is 24.3 Å². The SMILES string of the molecule is CCOC(=O)CBr.CO.Cc1cn([C@@H]2O[C@H](CCP(C)(C)=O)[C@@H](C)[C@H]2OCC(=O)NCCN(C)C)c(=O)n(COCc2ccccc2)c1=O.Cc1cn([C@@H]2O[C@H](CCP(C)(C)=O)[C@@H](O)[C@H]2OCC(=O)NCCN(C)C)c(=O)[nH]c1=O.[C-]#[N+]CCOP(O[C@H]1[C@@H](OCC(=O)NCCN(C)C)[C@H](n2cc(C)c(=O)[nH]c2=O)O[C@@H]1CCP(C)(C)=O)N(C(C)C)C(C)C. The van der Waals surface area contributed by atoms with Crippen LogP contribution in [0.1, 0.15) is 102 Å². The maximum absolute atomic E-state index is 13.6. The monoisotopic (exact) mass is 1900 g/mol. The number of carbonyl (C=O) groups is 4. The topological polar surface area (TPSA) is 459 Å². The summed E-state index contributed by atoms with van der Waals surface area (Å²) < 4.78 is 104. The first-order chi connectivity index (χ1) is 58.1. The van der Waals surface area contributed by atoms with Crippen molar-refractivity contribution in [2.45, 2.75) is 175 Å². The van der Waals surface area contributed by atoms with Gasteiger partial charge in [-0.1, -0.05) is 53.2 Å². The Morgan fingerprint density at radius 2 is 1.02 bits per heavy atom. The minimum Gasteiger partial charge on any atom is -0.465 e. The number of rotatable bonds is 44. The molecule has 13 atom stereocenters. The van der Waals surface area contributed by atoms with Crippen LogP contribution in [-0.4, -0.2) is 334 Å². The van der Waals surface area contributed by atoms with Crippen LogP contribution in [0, 0.1) is 33.3 Å². The Balaban J connectivity index is 0.000000462. The maximum Gasteiger partial charge on any atom is 0.335 e. The van der Waals surface area contributed by atoms with Crippen molar-refractivity contribution in [2.75, 3.05) is 192 Å². The van der Waals surface area contributed by atoms with Gasteiger partial charge in [-0.25, -0.2) is 30.2 Å². The third-order valence-corrected chi connectivity index (χ3v) is 25.7. The zero-order chi connectivity index (χ0) is 93.7. The normalized spacial score (nSPS) is 20.9. The van der Waals surface area contributed by atoms with Gasteiger partial charge in [-0.2, -0.15) is 0 Å². The number of aliphatic hydroxyl groups excluding tert-OH is 2. The molecule has 7 N–H and O–H groups in total. The van der Waals surface area contributed by atoms with Crippen molar-refractivity contribution in [1.82, 2.24) is 63.6 Å². The molecule has 3 saturated heterocycles. The molecule has 1 unspecified atom stereocenters. The molecule has 3 fully saturated rings. The van der Waals surface area contributed by atoms with Crippen molar-refractivity contribution in [1.29, 1.82) is 0 Å². The fraction of sp³-hybridized carbons (Fsp3) is 0.713. The molecule has 6 heterocycles. The van der Waals surface area contributed by atoms with Gasteiger partial charge in [-0.05, 0) is 162 Å². The Bertz CT molecular complexity index is 4520. The fourth-order valence-electron chi connectivity index (χ4n) is 12.7. The van der Waals surface area contributed by atoms with E-state index in [0.717, 1.165) is 21.8 Å². The second kappa shape index (κ2) is 55.5. The van der Waals surface area contributed by atoms with Crippen LogP contribution in [0.2, 0.25) is 0 Å². The van der Waals surface area contributed by atoms with Gasteiger partial charge < -0.3 is 106 Å². The number of ether oxygens (including phenoxy) is 8. The highest BCUT2D eigenvalue weighted by molar-refractivity contribution is 9.09. The fourth-order valence-corrected chi connectivity index (χ4v) is 17.3. The van der Waals surface area contributed by atoms with Crippen LogP contribution in [0.3, 0.4) is 0 Å². The minimum atomic E-state index is -2.47. The first-order valence-electron chi connectivity index (χ1n) is 40.9. The number of esters is 1. The van der Waals surface area contributed by atoms with E-state index in [4.69, 9.17) is 53.9 Å². The number of nitrogens with one attached hydrogen (secondary N) is 5. The number of likely N-dealkylation sites (N-methyl/N-ethyl adjacent to an activating group) is 3. The number of aromatic nitrogens is 6. The number of hydrogen-bond acceptors (Lipinski definition) is 29. The van der Waals surface area contributed by atoms with E-state index in [2.05, 4.69) is 56.1 Å². The lowest BCUT2D eigenvalue weighted by Gasteiger charge is -2.38. The minimum absolute atomic E-state index is 0.0171. The number of benzene rings is 1. The molecule has 39 nitrogen and oxygen atoms in total. The van der Waals surface area contributed by atoms with Gasteiger partial charge in [-0.3, -0.25) is 57.2 Å². The highest BCUT2D eigenvalue weighted by Crippen LogP contribution is 2.52. The van der Waals surface area contributed by atoms with Crippen molar-refractivity contribution in [2.24, 2.45) is 5.92 Å². The van der Waals surface area contributed by atoms with Crippen molar-refractivity contribution in [3.05, 3.63) is 145 Å². The summed E-state index contributed by atoms with van der Waals surface area (Å²) in [6.07, 6.45) is -2.91. The van der Waals surface area contributed by atoms with E-state index < -0.39 is 125 Å². The first kappa shape index (κ1) is 112. The van der Waals surface area contributed by atoms with E-state index in [0.29, 0.717) is 94.5 Å².